The lowest BCUT2D eigenvalue weighted by Gasteiger charge is -2.14. The number of amides is 2. The molecule has 2 aromatic rings. The Morgan fingerprint density at radius 3 is 2.58 bits per heavy atom. The minimum atomic E-state index is -1.09. The first-order valence-corrected chi connectivity index (χ1v) is 7.85. The number of hydrogen-bond donors (Lipinski definition) is 2. The number of rotatable bonds is 5. The molecule has 0 saturated carbocycles. The zero-order valence-electron chi connectivity index (χ0n) is 13.1. The van der Waals surface area contributed by atoms with Crippen LogP contribution < -0.4 is 10.6 Å². The van der Waals surface area contributed by atoms with Crippen LogP contribution in [-0.2, 0) is 14.3 Å². The quantitative estimate of drug-likeness (QED) is 0.812. The second-order valence-electron chi connectivity index (χ2n) is 4.96. The van der Waals surface area contributed by atoms with Crippen LogP contribution in [-0.4, -0.2) is 25.5 Å². The number of carbonyl (C=O) groups is 2. The minimum Gasteiger partial charge on any atom is -0.374 e. The number of nitrogens with one attached hydrogen (secondary N) is 2. The average Bonchev–Trinajstić information content (AvgIpc) is 2.97. The molecule has 128 valence electrons. The van der Waals surface area contributed by atoms with E-state index in [0.717, 1.165) is 28.0 Å². The van der Waals surface area contributed by atoms with Crippen LogP contribution in [0.3, 0.4) is 0 Å². The zero-order valence-corrected chi connectivity index (χ0v) is 13.9. The fraction of sp³-hybridized carbons (Fsp3) is 0.250. The lowest BCUT2D eigenvalue weighted by molar-refractivity contribution is -0.136. The van der Waals surface area contributed by atoms with Crippen molar-refractivity contribution in [3.8, 4) is 0 Å². The summed E-state index contributed by atoms with van der Waals surface area (Å²) in [5.41, 5.74) is -0.396. The molecule has 0 radical (unpaired) electrons. The topological polar surface area (TPSA) is 67.4 Å². The van der Waals surface area contributed by atoms with Crippen LogP contribution in [0.4, 0.5) is 14.5 Å². The molecule has 2 N–H and O–H groups in total. The van der Waals surface area contributed by atoms with Gasteiger partial charge in [0, 0.05) is 29.5 Å². The number of anilines is 1. The fourth-order valence-electron chi connectivity index (χ4n) is 1.96. The largest absolute Gasteiger partial charge is 0.374 e. The van der Waals surface area contributed by atoms with Gasteiger partial charge < -0.3 is 15.4 Å². The molecular formula is C16H16F2N2O3S. The number of halogens is 2. The smallest absolute Gasteiger partial charge is 0.313 e. The van der Waals surface area contributed by atoms with E-state index in [4.69, 9.17) is 4.74 Å². The van der Waals surface area contributed by atoms with E-state index in [1.54, 1.807) is 0 Å². The lowest BCUT2D eigenvalue weighted by Crippen LogP contribution is -2.38. The molecule has 0 saturated heterocycles. The summed E-state index contributed by atoms with van der Waals surface area (Å²) in [4.78, 5) is 25.6. The second kappa shape index (κ2) is 7.98. The van der Waals surface area contributed by atoms with Gasteiger partial charge >= 0.3 is 11.8 Å². The van der Waals surface area contributed by atoms with E-state index in [1.165, 1.54) is 18.4 Å². The average molecular weight is 354 g/mol. The number of methoxy groups -OCH3 is 1. The standard InChI is InChI=1S/C16H16F2N2O3S/c1-9-3-6-14(24-9)13(23-2)8-19-15(21)16(22)20-12-7-10(17)4-5-11(12)18/h3-7,13H,8H2,1-2H3,(H,19,21)(H,20,22). The maximum Gasteiger partial charge on any atom is 0.313 e. The van der Waals surface area contributed by atoms with Crippen molar-refractivity contribution in [3.05, 3.63) is 51.7 Å². The summed E-state index contributed by atoms with van der Waals surface area (Å²) >= 11 is 1.52. The first kappa shape index (κ1) is 18.0. The first-order chi connectivity index (χ1) is 11.4. The van der Waals surface area contributed by atoms with E-state index >= 15 is 0 Å². The number of hydrogen-bond acceptors (Lipinski definition) is 4. The van der Waals surface area contributed by atoms with Crippen LogP contribution in [0.1, 0.15) is 15.9 Å². The summed E-state index contributed by atoms with van der Waals surface area (Å²) in [5.74, 6) is -3.60. The van der Waals surface area contributed by atoms with Crippen LogP contribution in [0.5, 0.6) is 0 Å². The maximum absolute atomic E-state index is 13.5. The Kier molecular flexibility index (Phi) is 5.99. The van der Waals surface area contributed by atoms with Crippen molar-refractivity contribution >= 4 is 28.8 Å². The second-order valence-corrected chi connectivity index (χ2v) is 6.28. The van der Waals surface area contributed by atoms with E-state index in [2.05, 4.69) is 5.32 Å². The molecular weight excluding hydrogens is 338 g/mol. The molecule has 0 aliphatic carbocycles. The van der Waals surface area contributed by atoms with Gasteiger partial charge in [0.2, 0.25) is 0 Å². The maximum atomic E-state index is 13.5. The number of carbonyl (C=O) groups excluding carboxylic acids is 2. The Balaban J connectivity index is 1.93. The number of thiophene rings is 1. The van der Waals surface area contributed by atoms with E-state index in [-0.39, 0.29) is 6.54 Å². The van der Waals surface area contributed by atoms with Gasteiger partial charge in [0.15, 0.2) is 0 Å². The van der Waals surface area contributed by atoms with Crippen molar-refractivity contribution in [1.29, 1.82) is 0 Å². The molecule has 5 nitrogen and oxygen atoms in total. The van der Waals surface area contributed by atoms with Gasteiger partial charge in [-0.2, -0.15) is 0 Å². The minimum absolute atomic E-state index is 0.0777. The molecule has 1 aromatic heterocycles. The van der Waals surface area contributed by atoms with Gasteiger partial charge in [0.25, 0.3) is 0 Å². The highest BCUT2D eigenvalue weighted by atomic mass is 32.1. The highest BCUT2D eigenvalue weighted by Gasteiger charge is 2.19. The summed E-state index contributed by atoms with van der Waals surface area (Å²) < 4.78 is 31.8. The number of benzene rings is 1. The Labute approximate surface area is 141 Å². The molecule has 24 heavy (non-hydrogen) atoms. The summed E-state index contributed by atoms with van der Waals surface area (Å²) in [6.45, 7) is 2.02. The van der Waals surface area contributed by atoms with Crippen LogP contribution in [0.15, 0.2) is 30.3 Å². The van der Waals surface area contributed by atoms with Gasteiger partial charge in [-0.3, -0.25) is 9.59 Å². The highest BCUT2D eigenvalue weighted by molar-refractivity contribution is 7.12. The summed E-state index contributed by atoms with van der Waals surface area (Å²) in [6, 6.07) is 6.38. The van der Waals surface area contributed by atoms with Gasteiger partial charge in [-0.15, -0.1) is 11.3 Å². The molecule has 2 amide bonds. The van der Waals surface area contributed by atoms with Crippen LogP contribution in [0.2, 0.25) is 0 Å². The Hall–Kier alpha value is -2.32. The van der Waals surface area contributed by atoms with Gasteiger partial charge in [-0.05, 0) is 31.2 Å². The summed E-state index contributed by atoms with van der Waals surface area (Å²) in [7, 11) is 1.49. The molecule has 0 fully saturated rings. The van der Waals surface area contributed by atoms with Crippen molar-refractivity contribution in [3.63, 3.8) is 0 Å². The Bertz CT molecular complexity index is 749. The molecule has 0 aliphatic rings. The van der Waals surface area contributed by atoms with Crippen LogP contribution in [0, 0.1) is 18.6 Å². The van der Waals surface area contributed by atoms with E-state index in [0.29, 0.717) is 0 Å². The Morgan fingerprint density at radius 1 is 1.21 bits per heavy atom. The van der Waals surface area contributed by atoms with Gasteiger partial charge in [0.1, 0.15) is 17.7 Å². The fourth-order valence-corrected chi connectivity index (χ4v) is 2.92. The molecule has 8 heteroatoms. The molecule has 1 atom stereocenters. The van der Waals surface area contributed by atoms with Crippen molar-refractivity contribution in [2.45, 2.75) is 13.0 Å². The van der Waals surface area contributed by atoms with Crippen molar-refractivity contribution in [2.75, 3.05) is 19.0 Å². The van der Waals surface area contributed by atoms with Crippen molar-refractivity contribution < 1.29 is 23.1 Å². The van der Waals surface area contributed by atoms with Crippen LogP contribution in [0.25, 0.3) is 0 Å². The van der Waals surface area contributed by atoms with Gasteiger partial charge in [-0.25, -0.2) is 8.78 Å². The van der Waals surface area contributed by atoms with Gasteiger partial charge in [0.05, 0.1) is 5.69 Å². The third-order valence-electron chi connectivity index (χ3n) is 3.19. The molecule has 0 bridgehead atoms. The predicted octanol–water partition coefficient (Wildman–Crippen LogP) is 2.78. The van der Waals surface area contributed by atoms with E-state index in [1.807, 2.05) is 24.4 Å². The van der Waals surface area contributed by atoms with Gasteiger partial charge in [-0.1, -0.05) is 0 Å². The Morgan fingerprint density at radius 2 is 1.96 bits per heavy atom. The summed E-state index contributed by atoms with van der Waals surface area (Å²) in [6.07, 6.45) is -0.397. The molecule has 1 unspecified atom stereocenters. The normalized spacial score (nSPS) is 11.8. The third kappa shape index (κ3) is 4.59. The van der Waals surface area contributed by atoms with Crippen molar-refractivity contribution in [1.82, 2.24) is 5.32 Å². The zero-order chi connectivity index (χ0) is 17.7. The molecule has 2 rings (SSSR count). The predicted molar refractivity (Wildman–Crippen MR) is 86.8 cm³/mol. The van der Waals surface area contributed by atoms with Crippen molar-refractivity contribution in [2.24, 2.45) is 0 Å². The molecule has 1 heterocycles. The highest BCUT2D eigenvalue weighted by Crippen LogP contribution is 2.24. The monoisotopic (exact) mass is 354 g/mol. The first-order valence-electron chi connectivity index (χ1n) is 7.04. The molecule has 0 spiro atoms. The molecule has 0 aliphatic heterocycles. The number of aryl methyl sites for hydroxylation is 1. The molecule has 1 aromatic carbocycles. The van der Waals surface area contributed by atoms with E-state index in [9.17, 15) is 18.4 Å². The summed E-state index contributed by atoms with van der Waals surface area (Å²) in [5, 5.41) is 4.44. The van der Waals surface area contributed by atoms with E-state index < -0.39 is 35.2 Å². The SMILES string of the molecule is COC(CNC(=O)C(=O)Nc1cc(F)ccc1F)c1ccc(C)s1. The lowest BCUT2D eigenvalue weighted by atomic mass is 10.2. The number of ether oxygens (including phenoxy) is 1. The third-order valence-corrected chi connectivity index (χ3v) is 4.29. The van der Waals surface area contributed by atoms with Crippen LogP contribution >= 0.6 is 11.3 Å².